The van der Waals surface area contributed by atoms with E-state index in [0.29, 0.717) is 5.92 Å². The molecular weight excluding hydrogens is 140 g/mol. The lowest BCUT2D eigenvalue weighted by atomic mass is 9.87. The Hall–Kier alpha value is -0.160. The third kappa shape index (κ3) is 4.31. The van der Waals surface area contributed by atoms with Gasteiger partial charge in [-0.05, 0) is 18.8 Å². The molecular formula is C7H22N4. The Morgan fingerprint density at radius 1 is 0.909 bits per heavy atom. The maximum Gasteiger partial charge on any atom is 0.0549 e. The van der Waals surface area contributed by atoms with Gasteiger partial charge in [-0.2, -0.15) is 0 Å². The van der Waals surface area contributed by atoms with Crippen molar-refractivity contribution in [3.05, 3.63) is 0 Å². The van der Waals surface area contributed by atoms with E-state index in [1.54, 1.807) is 0 Å². The van der Waals surface area contributed by atoms with Gasteiger partial charge in [0, 0.05) is 0 Å². The van der Waals surface area contributed by atoms with Crippen LogP contribution in [0.2, 0.25) is 0 Å². The zero-order chi connectivity index (χ0) is 6.69. The van der Waals surface area contributed by atoms with Crippen molar-refractivity contribution < 1.29 is 0 Å². The Labute approximate surface area is 68.9 Å². The average Bonchev–Trinajstić information content (AvgIpc) is 1.90. The van der Waals surface area contributed by atoms with Crippen LogP contribution in [0.15, 0.2) is 0 Å². The van der Waals surface area contributed by atoms with Gasteiger partial charge in [0.2, 0.25) is 0 Å². The van der Waals surface area contributed by atoms with Crippen LogP contribution in [-0.4, -0.2) is 6.17 Å². The van der Waals surface area contributed by atoms with Crippen LogP contribution in [0.25, 0.3) is 0 Å². The highest BCUT2D eigenvalue weighted by Crippen LogP contribution is 2.23. The average molecular weight is 162 g/mol. The van der Waals surface area contributed by atoms with Gasteiger partial charge in [0.05, 0.1) is 6.17 Å². The SMILES string of the molecule is N.N.NC(N)C1CCCCC1. The van der Waals surface area contributed by atoms with Gasteiger partial charge >= 0.3 is 0 Å². The summed E-state index contributed by atoms with van der Waals surface area (Å²) in [7, 11) is 0. The third-order valence-corrected chi connectivity index (χ3v) is 2.19. The smallest absolute Gasteiger partial charge is 0.0549 e. The Balaban J connectivity index is 0. The van der Waals surface area contributed by atoms with E-state index in [9.17, 15) is 0 Å². The lowest BCUT2D eigenvalue weighted by Crippen LogP contribution is -2.39. The van der Waals surface area contributed by atoms with Crippen molar-refractivity contribution in [1.82, 2.24) is 12.3 Å². The molecule has 1 aliphatic carbocycles. The quantitative estimate of drug-likeness (QED) is 0.432. The van der Waals surface area contributed by atoms with Crippen molar-refractivity contribution in [2.45, 2.75) is 38.3 Å². The van der Waals surface area contributed by atoms with E-state index < -0.39 is 0 Å². The zero-order valence-electron chi connectivity index (χ0n) is 7.26. The predicted octanol–water partition coefficient (Wildman–Crippen LogP) is 1.13. The monoisotopic (exact) mass is 162 g/mol. The van der Waals surface area contributed by atoms with Crippen LogP contribution in [0.1, 0.15) is 32.1 Å². The number of nitrogens with two attached hydrogens (primary N) is 2. The molecule has 1 aliphatic rings. The van der Waals surface area contributed by atoms with Crippen molar-refractivity contribution in [3.63, 3.8) is 0 Å². The summed E-state index contributed by atoms with van der Waals surface area (Å²) in [6.07, 6.45) is 6.47. The summed E-state index contributed by atoms with van der Waals surface area (Å²) in [6, 6.07) is 0. The molecule has 70 valence electrons. The molecule has 0 bridgehead atoms. The maximum atomic E-state index is 5.54. The first kappa shape index (κ1) is 13.4. The first-order valence-electron chi connectivity index (χ1n) is 3.82. The molecule has 11 heavy (non-hydrogen) atoms. The molecule has 0 unspecified atom stereocenters. The molecule has 0 aromatic heterocycles. The van der Waals surface area contributed by atoms with Crippen LogP contribution >= 0.6 is 0 Å². The van der Waals surface area contributed by atoms with Crippen LogP contribution in [0.3, 0.4) is 0 Å². The van der Waals surface area contributed by atoms with Gasteiger partial charge in [-0.25, -0.2) is 0 Å². The Morgan fingerprint density at radius 3 is 1.64 bits per heavy atom. The van der Waals surface area contributed by atoms with Crippen molar-refractivity contribution in [2.75, 3.05) is 0 Å². The molecule has 0 atom stereocenters. The molecule has 1 rings (SSSR count). The van der Waals surface area contributed by atoms with E-state index in [2.05, 4.69) is 0 Å². The fourth-order valence-electron chi connectivity index (χ4n) is 1.52. The lowest BCUT2D eigenvalue weighted by molar-refractivity contribution is 0.309. The van der Waals surface area contributed by atoms with Crippen molar-refractivity contribution in [2.24, 2.45) is 17.4 Å². The van der Waals surface area contributed by atoms with Gasteiger partial charge in [0.1, 0.15) is 0 Å². The number of rotatable bonds is 1. The fraction of sp³-hybridized carbons (Fsp3) is 1.00. The molecule has 0 aromatic carbocycles. The lowest BCUT2D eigenvalue weighted by Gasteiger charge is -2.24. The van der Waals surface area contributed by atoms with Crippen LogP contribution in [0, 0.1) is 5.92 Å². The first-order valence-corrected chi connectivity index (χ1v) is 3.82. The first-order chi connectivity index (χ1) is 4.30. The molecule has 0 aromatic rings. The van der Waals surface area contributed by atoms with Crippen molar-refractivity contribution >= 4 is 0 Å². The fourth-order valence-corrected chi connectivity index (χ4v) is 1.52. The summed E-state index contributed by atoms with van der Waals surface area (Å²) in [5, 5.41) is 0. The van der Waals surface area contributed by atoms with Crippen LogP contribution in [0.5, 0.6) is 0 Å². The van der Waals surface area contributed by atoms with Gasteiger partial charge < -0.3 is 23.8 Å². The zero-order valence-corrected chi connectivity index (χ0v) is 7.26. The summed E-state index contributed by atoms with van der Waals surface area (Å²) in [4.78, 5) is 0. The second-order valence-electron chi connectivity index (χ2n) is 2.98. The molecule has 4 heteroatoms. The van der Waals surface area contributed by atoms with Crippen LogP contribution in [0.4, 0.5) is 0 Å². The minimum absolute atomic E-state index is 0. The van der Waals surface area contributed by atoms with E-state index in [1.165, 1.54) is 32.1 Å². The Morgan fingerprint density at radius 2 is 1.36 bits per heavy atom. The van der Waals surface area contributed by atoms with Gasteiger partial charge in [-0.1, -0.05) is 19.3 Å². The molecule has 0 saturated heterocycles. The molecule has 0 spiro atoms. The largest absolute Gasteiger partial charge is 0.344 e. The molecule has 10 N–H and O–H groups in total. The van der Waals surface area contributed by atoms with Crippen molar-refractivity contribution in [3.8, 4) is 0 Å². The molecule has 1 fully saturated rings. The van der Waals surface area contributed by atoms with Crippen LogP contribution in [-0.2, 0) is 0 Å². The minimum Gasteiger partial charge on any atom is -0.344 e. The topological polar surface area (TPSA) is 122 Å². The predicted molar refractivity (Wildman–Crippen MR) is 48.8 cm³/mol. The summed E-state index contributed by atoms with van der Waals surface area (Å²) in [6.45, 7) is 0. The van der Waals surface area contributed by atoms with E-state index in [-0.39, 0.29) is 18.5 Å². The van der Waals surface area contributed by atoms with Crippen molar-refractivity contribution in [1.29, 1.82) is 0 Å². The Bertz CT molecular complexity index is 78.5. The summed E-state index contributed by atoms with van der Waals surface area (Å²) in [5.74, 6) is 0.610. The van der Waals surface area contributed by atoms with E-state index >= 15 is 0 Å². The van der Waals surface area contributed by atoms with E-state index in [0.717, 1.165) is 0 Å². The standard InChI is InChI=1S/C7H16N2.2H3N/c8-7(9)6-4-2-1-3-5-6;;/h6-7H,1-5,8-9H2;2*1H3. The molecule has 0 heterocycles. The van der Waals surface area contributed by atoms with Gasteiger partial charge in [-0.15, -0.1) is 0 Å². The molecule has 1 saturated carbocycles. The van der Waals surface area contributed by atoms with E-state index in [4.69, 9.17) is 11.5 Å². The Kier molecular flexibility index (Phi) is 7.99. The maximum absolute atomic E-state index is 5.54. The minimum atomic E-state index is -0.0645. The molecule has 0 aliphatic heterocycles. The van der Waals surface area contributed by atoms with E-state index in [1.807, 2.05) is 0 Å². The third-order valence-electron chi connectivity index (χ3n) is 2.19. The highest BCUT2D eigenvalue weighted by atomic mass is 14.9. The second kappa shape index (κ2) is 6.54. The van der Waals surface area contributed by atoms with Crippen LogP contribution < -0.4 is 23.8 Å². The van der Waals surface area contributed by atoms with Gasteiger partial charge in [0.15, 0.2) is 0 Å². The summed E-state index contributed by atoms with van der Waals surface area (Å²) >= 11 is 0. The molecule has 0 radical (unpaired) electrons. The summed E-state index contributed by atoms with van der Waals surface area (Å²) < 4.78 is 0. The summed E-state index contributed by atoms with van der Waals surface area (Å²) in [5.41, 5.74) is 11.1. The molecule has 4 nitrogen and oxygen atoms in total. The highest BCUT2D eigenvalue weighted by Gasteiger charge is 2.16. The van der Waals surface area contributed by atoms with Gasteiger partial charge in [0.25, 0.3) is 0 Å². The number of hydrogen-bond acceptors (Lipinski definition) is 4. The second-order valence-corrected chi connectivity index (χ2v) is 2.98. The highest BCUT2D eigenvalue weighted by molar-refractivity contribution is 4.71. The molecule has 0 amide bonds. The normalized spacial score (nSPS) is 18.8. The number of hydrogen-bond donors (Lipinski definition) is 4. The van der Waals surface area contributed by atoms with Gasteiger partial charge in [-0.3, -0.25) is 0 Å².